The van der Waals surface area contributed by atoms with Crippen LogP contribution in [0.4, 0.5) is 0 Å². The molecule has 124 valence electrons. The zero-order valence-corrected chi connectivity index (χ0v) is 14.1. The highest BCUT2D eigenvalue weighted by atomic mass is 16.5. The Kier molecular flexibility index (Phi) is 4.30. The number of phenols is 1. The summed E-state index contributed by atoms with van der Waals surface area (Å²) in [6.45, 7) is 5.68. The van der Waals surface area contributed by atoms with E-state index in [-0.39, 0.29) is 16.9 Å². The van der Waals surface area contributed by atoms with Crippen molar-refractivity contribution in [1.82, 2.24) is 0 Å². The van der Waals surface area contributed by atoms with E-state index in [2.05, 4.69) is 6.92 Å². The molecule has 0 aliphatic heterocycles. The summed E-state index contributed by atoms with van der Waals surface area (Å²) in [7, 11) is 0. The third kappa shape index (κ3) is 2.87. The molecule has 0 aliphatic carbocycles. The first-order chi connectivity index (χ1) is 11.5. The summed E-state index contributed by atoms with van der Waals surface area (Å²) >= 11 is 0. The second-order valence-corrected chi connectivity index (χ2v) is 5.75. The maximum absolute atomic E-state index is 12.8. The van der Waals surface area contributed by atoms with Crippen LogP contribution in [0.25, 0.3) is 11.0 Å². The molecule has 0 radical (unpaired) electrons. The van der Waals surface area contributed by atoms with E-state index in [1.807, 2.05) is 31.2 Å². The maximum atomic E-state index is 12.8. The van der Waals surface area contributed by atoms with E-state index in [4.69, 9.17) is 9.15 Å². The van der Waals surface area contributed by atoms with Crippen LogP contribution in [-0.4, -0.2) is 5.11 Å². The van der Waals surface area contributed by atoms with Gasteiger partial charge in [0.2, 0.25) is 11.2 Å². The highest BCUT2D eigenvalue weighted by Crippen LogP contribution is 2.29. The van der Waals surface area contributed by atoms with Crippen molar-refractivity contribution in [3.05, 3.63) is 63.5 Å². The molecule has 0 amide bonds. The minimum absolute atomic E-state index is 0.136. The van der Waals surface area contributed by atoms with Crippen molar-refractivity contribution in [2.45, 2.75) is 33.6 Å². The van der Waals surface area contributed by atoms with Gasteiger partial charge < -0.3 is 14.3 Å². The SMILES string of the molecule is CCc1ccc(Oc2c(C)oc3cc(O)c(CC)cc3c2=O)cc1. The largest absolute Gasteiger partial charge is 0.508 e. The minimum atomic E-state index is -0.233. The Morgan fingerprint density at radius 1 is 1.08 bits per heavy atom. The van der Waals surface area contributed by atoms with E-state index in [9.17, 15) is 9.90 Å². The predicted octanol–water partition coefficient (Wildman–Crippen LogP) is 4.72. The van der Waals surface area contributed by atoms with Gasteiger partial charge in [-0.3, -0.25) is 4.79 Å². The van der Waals surface area contributed by atoms with Crippen LogP contribution in [0.2, 0.25) is 0 Å². The van der Waals surface area contributed by atoms with Gasteiger partial charge in [-0.15, -0.1) is 0 Å². The number of rotatable bonds is 4. The van der Waals surface area contributed by atoms with E-state index >= 15 is 0 Å². The first-order valence-corrected chi connectivity index (χ1v) is 8.09. The summed E-state index contributed by atoms with van der Waals surface area (Å²) in [5.74, 6) is 1.29. The Labute approximate surface area is 140 Å². The summed E-state index contributed by atoms with van der Waals surface area (Å²) < 4.78 is 11.5. The van der Waals surface area contributed by atoms with Crippen molar-refractivity contribution in [1.29, 1.82) is 0 Å². The molecule has 3 rings (SSSR count). The standard InChI is InChI=1S/C20H20O4/c1-4-13-6-8-15(9-7-13)24-20-12(3)23-18-11-17(21)14(5-2)10-16(18)19(20)22/h6-11,21H,4-5H2,1-3H3. The molecule has 0 spiro atoms. The molecule has 24 heavy (non-hydrogen) atoms. The number of benzene rings is 2. The fraction of sp³-hybridized carbons (Fsp3) is 0.250. The number of phenolic OH excluding ortho intramolecular Hbond substituents is 1. The van der Waals surface area contributed by atoms with Crippen LogP contribution in [0, 0.1) is 6.92 Å². The second kappa shape index (κ2) is 6.40. The van der Waals surface area contributed by atoms with Crippen molar-refractivity contribution in [3.8, 4) is 17.2 Å². The zero-order chi connectivity index (χ0) is 17.3. The van der Waals surface area contributed by atoms with Gasteiger partial charge in [-0.2, -0.15) is 0 Å². The van der Waals surface area contributed by atoms with Gasteiger partial charge >= 0.3 is 0 Å². The molecule has 0 unspecified atom stereocenters. The average molecular weight is 324 g/mol. The monoisotopic (exact) mass is 324 g/mol. The van der Waals surface area contributed by atoms with Gasteiger partial charge in [0.1, 0.15) is 22.8 Å². The van der Waals surface area contributed by atoms with E-state index < -0.39 is 0 Å². The minimum Gasteiger partial charge on any atom is -0.508 e. The highest BCUT2D eigenvalue weighted by Gasteiger charge is 2.16. The summed E-state index contributed by atoms with van der Waals surface area (Å²) in [5, 5.41) is 10.4. The smallest absolute Gasteiger partial charge is 0.235 e. The van der Waals surface area contributed by atoms with E-state index in [1.54, 1.807) is 13.0 Å². The van der Waals surface area contributed by atoms with Gasteiger partial charge in [0.15, 0.2) is 0 Å². The zero-order valence-electron chi connectivity index (χ0n) is 14.1. The van der Waals surface area contributed by atoms with Crippen molar-refractivity contribution in [2.75, 3.05) is 0 Å². The lowest BCUT2D eigenvalue weighted by Gasteiger charge is -2.10. The quantitative estimate of drug-likeness (QED) is 0.754. The second-order valence-electron chi connectivity index (χ2n) is 5.75. The van der Waals surface area contributed by atoms with Crippen molar-refractivity contribution in [2.24, 2.45) is 0 Å². The number of aryl methyl sites for hydroxylation is 3. The van der Waals surface area contributed by atoms with E-state index in [0.29, 0.717) is 34.5 Å². The van der Waals surface area contributed by atoms with Crippen LogP contribution < -0.4 is 10.2 Å². The predicted molar refractivity (Wildman–Crippen MR) is 94.2 cm³/mol. The molecule has 0 fully saturated rings. The molecule has 1 aromatic heterocycles. The summed E-state index contributed by atoms with van der Waals surface area (Å²) in [6, 6.07) is 10.8. The first-order valence-electron chi connectivity index (χ1n) is 8.09. The van der Waals surface area contributed by atoms with E-state index in [1.165, 1.54) is 11.6 Å². The molecular weight excluding hydrogens is 304 g/mol. The number of ether oxygens (including phenoxy) is 1. The van der Waals surface area contributed by atoms with Gasteiger partial charge in [0, 0.05) is 6.07 Å². The Morgan fingerprint density at radius 3 is 2.42 bits per heavy atom. The van der Waals surface area contributed by atoms with Gasteiger partial charge in [-0.05, 0) is 49.1 Å². The number of fused-ring (bicyclic) bond motifs is 1. The van der Waals surface area contributed by atoms with Gasteiger partial charge in [0.25, 0.3) is 0 Å². The summed E-state index contributed by atoms with van der Waals surface area (Å²) in [6.07, 6.45) is 1.57. The Bertz CT molecular complexity index is 936. The molecule has 4 heteroatoms. The number of hydrogen-bond acceptors (Lipinski definition) is 4. The maximum Gasteiger partial charge on any atom is 0.235 e. The molecule has 0 atom stereocenters. The van der Waals surface area contributed by atoms with Crippen molar-refractivity contribution in [3.63, 3.8) is 0 Å². The highest BCUT2D eigenvalue weighted by molar-refractivity contribution is 5.81. The molecule has 0 bridgehead atoms. The lowest BCUT2D eigenvalue weighted by molar-refractivity contribution is 0.434. The Morgan fingerprint density at radius 2 is 1.79 bits per heavy atom. The normalized spacial score (nSPS) is 11.0. The molecule has 2 aromatic carbocycles. The van der Waals surface area contributed by atoms with Crippen LogP contribution in [0.5, 0.6) is 17.2 Å². The van der Waals surface area contributed by atoms with Crippen molar-refractivity contribution < 1.29 is 14.3 Å². The van der Waals surface area contributed by atoms with Gasteiger partial charge in [-0.1, -0.05) is 26.0 Å². The Hall–Kier alpha value is -2.75. The fourth-order valence-corrected chi connectivity index (χ4v) is 2.68. The summed E-state index contributed by atoms with van der Waals surface area (Å²) in [5.41, 5.74) is 2.04. The first kappa shape index (κ1) is 16.1. The van der Waals surface area contributed by atoms with Crippen LogP contribution in [0.15, 0.2) is 45.6 Å². The molecule has 1 heterocycles. The number of aromatic hydroxyl groups is 1. The number of hydrogen-bond donors (Lipinski definition) is 1. The third-order valence-electron chi connectivity index (χ3n) is 4.15. The molecule has 0 saturated heterocycles. The lowest BCUT2D eigenvalue weighted by Crippen LogP contribution is -2.08. The molecule has 4 nitrogen and oxygen atoms in total. The van der Waals surface area contributed by atoms with E-state index in [0.717, 1.165) is 6.42 Å². The topological polar surface area (TPSA) is 59.7 Å². The van der Waals surface area contributed by atoms with Crippen LogP contribution in [0.3, 0.4) is 0 Å². The van der Waals surface area contributed by atoms with Crippen LogP contribution in [0.1, 0.15) is 30.7 Å². The van der Waals surface area contributed by atoms with Crippen molar-refractivity contribution >= 4 is 11.0 Å². The van der Waals surface area contributed by atoms with Gasteiger partial charge in [0.05, 0.1) is 5.39 Å². The van der Waals surface area contributed by atoms with Crippen LogP contribution in [-0.2, 0) is 12.8 Å². The molecular formula is C20H20O4. The summed E-state index contributed by atoms with van der Waals surface area (Å²) in [4.78, 5) is 12.8. The van der Waals surface area contributed by atoms with Gasteiger partial charge in [-0.25, -0.2) is 0 Å². The van der Waals surface area contributed by atoms with Crippen LogP contribution >= 0.6 is 0 Å². The molecule has 0 aliphatic rings. The molecule has 3 aromatic rings. The Balaban J connectivity index is 2.10. The lowest BCUT2D eigenvalue weighted by atomic mass is 10.1. The molecule has 1 N–H and O–H groups in total. The average Bonchev–Trinajstić information content (AvgIpc) is 2.59. The third-order valence-corrected chi connectivity index (χ3v) is 4.15. The molecule has 0 saturated carbocycles. The fourth-order valence-electron chi connectivity index (χ4n) is 2.68.